The Morgan fingerprint density at radius 2 is 1.88 bits per heavy atom. The predicted molar refractivity (Wildman–Crippen MR) is 70.9 cm³/mol. The summed E-state index contributed by atoms with van der Waals surface area (Å²) in [5.41, 5.74) is -0.777. The first kappa shape index (κ1) is 16.4. The zero-order valence-corrected chi connectivity index (χ0v) is 12.1. The molecular weight excluding hydrogens is 216 g/mol. The fourth-order valence-electron chi connectivity index (χ4n) is 1.58. The third-order valence-electron chi connectivity index (χ3n) is 2.70. The first-order valence-corrected chi connectivity index (χ1v) is 6.34. The second-order valence-corrected chi connectivity index (χ2v) is 5.88. The van der Waals surface area contributed by atoms with Gasteiger partial charge < -0.3 is 10.4 Å². The first-order chi connectivity index (χ1) is 7.63. The van der Waals surface area contributed by atoms with E-state index in [-0.39, 0.29) is 11.9 Å². The van der Waals surface area contributed by atoms with Gasteiger partial charge in [0.15, 0.2) is 0 Å². The van der Waals surface area contributed by atoms with Crippen molar-refractivity contribution >= 4 is 5.91 Å². The molecule has 0 aliphatic carbocycles. The number of carbonyl (C=O) groups excluding carboxylic acids is 1. The molecule has 0 heterocycles. The van der Waals surface area contributed by atoms with Crippen LogP contribution in [-0.4, -0.2) is 47.7 Å². The molecule has 0 radical (unpaired) electrons. The fraction of sp³-hybridized carbons (Fsp3) is 0.923. The molecule has 4 nitrogen and oxygen atoms in total. The number of hydrogen-bond donors (Lipinski definition) is 2. The van der Waals surface area contributed by atoms with Crippen molar-refractivity contribution in [1.82, 2.24) is 10.2 Å². The van der Waals surface area contributed by atoms with Crippen LogP contribution in [0.25, 0.3) is 0 Å². The first-order valence-electron chi connectivity index (χ1n) is 6.34. The Balaban J connectivity index is 4.03. The van der Waals surface area contributed by atoms with E-state index < -0.39 is 5.60 Å². The maximum atomic E-state index is 11.8. The Morgan fingerprint density at radius 1 is 1.35 bits per heavy atom. The Labute approximate surface area is 105 Å². The predicted octanol–water partition coefficient (Wildman–Crippen LogP) is 1.24. The highest BCUT2D eigenvalue weighted by Crippen LogP contribution is 2.06. The number of nitrogens with zero attached hydrogens (tertiary/aromatic N) is 1. The topological polar surface area (TPSA) is 52.6 Å². The summed E-state index contributed by atoms with van der Waals surface area (Å²) >= 11 is 0. The van der Waals surface area contributed by atoms with Gasteiger partial charge in [0.2, 0.25) is 5.91 Å². The summed E-state index contributed by atoms with van der Waals surface area (Å²) in [5, 5.41) is 12.6. The van der Waals surface area contributed by atoms with Gasteiger partial charge in [-0.2, -0.15) is 0 Å². The molecule has 102 valence electrons. The van der Waals surface area contributed by atoms with Crippen LogP contribution in [0.4, 0.5) is 0 Å². The van der Waals surface area contributed by atoms with Gasteiger partial charge in [-0.1, -0.05) is 13.8 Å². The Bertz CT molecular complexity index is 234. The molecule has 2 N–H and O–H groups in total. The van der Waals surface area contributed by atoms with Crippen molar-refractivity contribution in [1.29, 1.82) is 0 Å². The zero-order valence-electron chi connectivity index (χ0n) is 12.1. The summed E-state index contributed by atoms with van der Waals surface area (Å²) < 4.78 is 0. The second-order valence-electron chi connectivity index (χ2n) is 5.88. The van der Waals surface area contributed by atoms with E-state index in [0.29, 0.717) is 12.5 Å². The van der Waals surface area contributed by atoms with E-state index in [1.807, 2.05) is 18.9 Å². The van der Waals surface area contributed by atoms with Gasteiger partial charge in [0, 0.05) is 13.1 Å². The molecule has 0 rings (SSSR count). The number of nitrogens with one attached hydrogen (secondary N) is 1. The van der Waals surface area contributed by atoms with Crippen LogP contribution in [0.1, 0.15) is 41.0 Å². The molecule has 0 fully saturated rings. The van der Waals surface area contributed by atoms with Crippen LogP contribution < -0.4 is 5.32 Å². The molecule has 0 saturated carbocycles. The van der Waals surface area contributed by atoms with Crippen LogP contribution in [0, 0.1) is 5.92 Å². The van der Waals surface area contributed by atoms with Crippen molar-refractivity contribution in [2.45, 2.75) is 52.7 Å². The molecule has 4 heteroatoms. The number of carbonyl (C=O) groups is 1. The fourth-order valence-corrected chi connectivity index (χ4v) is 1.58. The van der Waals surface area contributed by atoms with Crippen LogP contribution in [0.15, 0.2) is 0 Å². The van der Waals surface area contributed by atoms with Gasteiger partial charge in [-0.25, -0.2) is 0 Å². The Hall–Kier alpha value is -0.610. The highest BCUT2D eigenvalue weighted by molar-refractivity contribution is 5.81. The minimum absolute atomic E-state index is 0.0254. The molecular formula is C13H28N2O2. The minimum Gasteiger partial charge on any atom is -0.389 e. The molecule has 0 aliphatic heterocycles. The van der Waals surface area contributed by atoms with Gasteiger partial charge in [-0.3, -0.25) is 9.69 Å². The van der Waals surface area contributed by atoms with Crippen molar-refractivity contribution in [2.75, 3.05) is 20.1 Å². The Kier molecular flexibility index (Phi) is 6.72. The molecule has 1 unspecified atom stereocenters. The minimum atomic E-state index is -0.777. The van der Waals surface area contributed by atoms with Gasteiger partial charge in [0.25, 0.3) is 0 Å². The summed E-state index contributed by atoms with van der Waals surface area (Å²) in [7, 11) is 1.85. The maximum absolute atomic E-state index is 11.8. The van der Waals surface area contributed by atoms with Gasteiger partial charge in [0.05, 0.1) is 11.6 Å². The van der Waals surface area contributed by atoms with Crippen molar-refractivity contribution in [3.05, 3.63) is 0 Å². The number of aliphatic hydroxyl groups is 1. The van der Waals surface area contributed by atoms with E-state index in [0.717, 1.165) is 13.0 Å². The summed E-state index contributed by atoms with van der Waals surface area (Å²) in [6.07, 6.45) is 0.994. The number of rotatable bonds is 7. The molecule has 1 amide bonds. The van der Waals surface area contributed by atoms with Crippen molar-refractivity contribution in [3.8, 4) is 0 Å². The number of amides is 1. The lowest BCUT2D eigenvalue weighted by Gasteiger charge is -2.29. The van der Waals surface area contributed by atoms with E-state index in [1.54, 1.807) is 13.8 Å². The molecule has 0 spiro atoms. The lowest BCUT2D eigenvalue weighted by atomic mass is 10.1. The quantitative estimate of drug-likeness (QED) is 0.708. The molecule has 0 aliphatic rings. The third-order valence-corrected chi connectivity index (χ3v) is 2.70. The zero-order chi connectivity index (χ0) is 13.6. The second kappa shape index (κ2) is 6.97. The van der Waals surface area contributed by atoms with Crippen LogP contribution in [0.2, 0.25) is 0 Å². The average Bonchev–Trinajstić information content (AvgIpc) is 2.13. The highest BCUT2D eigenvalue weighted by Gasteiger charge is 2.23. The van der Waals surface area contributed by atoms with E-state index >= 15 is 0 Å². The van der Waals surface area contributed by atoms with E-state index in [4.69, 9.17) is 0 Å². The normalized spacial score (nSPS) is 14.2. The molecule has 0 aromatic carbocycles. The largest absolute Gasteiger partial charge is 0.389 e. The van der Waals surface area contributed by atoms with Crippen LogP contribution in [0.3, 0.4) is 0 Å². The molecule has 1 atom stereocenters. The van der Waals surface area contributed by atoms with E-state index in [9.17, 15) is 9.90 Å². The smallest absolute Gasteiger partial charge is 0.237 e. The summed E-state index contributed by atoms with van der Waals surface area (Å²) in [6.45, 7) is 10.8. The number of likely N-dealkylation sites (N-methyl/N-ethyl adjacent to an activating group) is 1. The maximum Gasteiger partial charge on any atom is 0.237 e. The highest BCUT2D eigenvalue weighted by atomic mass is 16.3. The van der Waals surface area contributed by atoms with Gasteiger partial charge in [-0.15, -0.1) is 0 Å². The molecule has 0 saturated heterocycles. The van der Waals surface area contributed by atoms with Crippen LogP contribution >= 0.6 is 0 Å². The molecule has 0 bridgehead atoms. The monoisotopic (exact) mass is 244 g/mol. The Morgan fingerprint density at radius 3 is 2.29 bits per heavy atom. The standard InChI is InChI=1S/C13H28N2O2/c1-10(2)7-8-14-12(16)11(3)15(6)9-13(4,5)17/h10-11,17H,7-9H2,1-6H3,(H,14,16). The third kappa shape index (κ3) is 8.16. The lowest BCUT2D eigenvalue weighted by Crippen LogP contribution is -2.48. The average molecular weight is 244 g/mol. The van der Waals surface area contributed by atoms with Crippen LogP contribution in [-0.2, 0) is 4.79 Å². The molecule has 0 aromatic rings. The SMILES string of the molecule is CC(C)CCNC(=O)C(C)N(C)CC(C)(C)O. The van der Waals surface area contributed by atoms with Gasteiger partial charge >= 0.3 is 0 Å². The van der Waals surface area contributed by atoms with Gasteiger partial charge in [0.1, 0.15) is 0 Å². The van der Waals surface area contributed by atoms with Gasteiger partial charge in [-0.05, 0) is 40.2 Å². The van der Waals surface area contributed by atoms with Crippen molar-refractivity contribution in [3.63, 3.8) is 0 Å². The summed E-state index contributed by atoms with van der Waals surface area (Å²) in [6, 6.07) is -0.214. The van der Waals surface area contributed by atoms with E-state index in [1.165, 1.54) is 0 Å². The van der Waals surface area contributed by atoms with E-state index in [2.05, 4.69) is 19.2 Å². The molecule has 0 aromatic heterocycles. The summed E-state index contributed by atoms with van der Waals surface area (Å²) in [5.74, 6) is 0.622. The lowest BCUT2D eigenvalue weighted by molar-refractivity contribution is -0.126. The van der Waals surface area contributed by atoms with Crippen LogP contribution in [0.5, 0.6) is 0 Å². The molecule has 17 heavy (non-hydrogen) atoms. The van der Waals surface area contributed by atoms with Crippen molar-refractivity contribution in [2.24, 2.45) is 5.92 Å². The number of hydrogen-bond acceptors (Lipinski definition) is 3. The van der Waals surface area contributed by atoms with Crippen molar-refractivity contribution < 1.29 is 9.90 Å². The summed E-state index contributed by atoms with van der Waals surface area (Å²) in [4.78, 5) is 13.7.